The van der Waals surface area contributed by atoms with Crippen LogP contribution in [0, 0.1) is 11.8 Å². The summed E-state index contributed by atoms with van der Waals surface area (Å²) in [4.78, 5) is 0. The van der Waals surface area contributed by atoms with E-state index in [0.29, 0.717) is 5.92 Å². The van der Waals surface area contributed by atoms with E-state index >= 15 is 0 Å². The smallest absolute Gasteiger partial charge is 0.0778 e. The Kier molecular flexibility index (Phi) is 2.22. The maximum absolute atomic E-state index is 9.87. The first-order valence-electron chi connectivity index (χ1n) is 5.15. The van der Waals surface area contributed by atoms with Crippen molar-refractivity contribution < 1.29 is 5.11 Å². The first-order valence-corrected chi connectivity index (χ1v) is 5.15. The van der Waals surface area contributed by atoms with Gasteiger partial charge in [-0.3, -0.25) is 0 Å². The summed E-state index contributed by atoms with van der Waals surface area (Å²) in [6.45, 7) is 3.94. The fourth-order valence-corrected chi connectivity index (χ4v) is 2.83. The summed E-state index contributed by atoms with van der Waals surface area (Å²) in [6.07, 6.45) is 7.42. The molecule has 2 saturated carbocycles. The largest absolute Gasteiger partial charge is 0.388 e. The van der Waals surface area contributed by atoms with Crippen LogP contribution in [-0.2, 0) is 0 Å². The van der Waals surface area contributed by atoms with E-state index in [1.54, 1.807) is 0 Å². The lowest BCUT2D eigenvalue weighted by Gasteiger charge is -2.40. The second-order valence-corrected chi connectivity index (χ2v) is 4.35. The number of hydrogen-bond donors (Lipinski definition) is 1. The van der Waals surface area contributed by atoms with Crippen molar-refractivity contribution in [3.8, 4) is 0 Å². The van der Waals surface area contributed by atoms with Crippen molar-refractivity contribution in [1.29, 1.82) is 0 Å². The van der Waals surface area contributed by atoms with Crippen molar-refractivity contribution in [2.24, 2.45) is 11.8 Å². The van der Waals surface area contributed by atoms with Gasteiger partial charge in [-0.25, -0.2) is 0 Å². The third kappa shape index (κ3) is 1.31. The van der Waals surface area contributed by atoms with Crippen molar-refractivity contribution in [2.45, 2.75) is 44.6 Å². The highest BCUT2D eigenvalue weighted by molar-refractivity contribution is 5.09. The highest BCUT2D eigenvalue weighted by Crippen LogP contribution is 2.41. The Morgan fingerprint density at radius 1 is 1.17 bits per heavy atom. The summed E-state index contributed by atoms with van der Waals surface area (Å²) in [5.41, 5.74) is 1.08. The Morgan fingerprint density at radius 3 is 2.75 bits per heavy atom. The summed E-state index contributed by atoms with van der Waals surface area (Å²) in [7, 11) is 0. The molecule has 1 nitrogen and oxygen atoms in total. The second kappa shape index (κ2) is 3.21. The molecule has 68 valence electrons. The number of rotatable bonds is 0. The quantitative estimate of drug-likeness (QED) is 0.548. The normalized spacial score (nSPS) is 42.4. The minimum absolute atomic E-state index is 0.177. The molecule has 2 rings (SSSR count). The molecular formula is C11H18O. The van der Waals surface area contributed by atoms with Crippen molar-refractivity contribution >= 4 is 0 Å². The fraction of sp³-hybridized carbons (Fsp3) is 0.818. The van der Waals surface area contributed by atoms with Gasteiger partial charge in [-0.15, -0.1) is 0 Å². The zero-order valence-corrected chi connectivity index (χ0v) is 7.63. The minimum atomic E-state index is -0.177. The van der Waals surface area contributed by atoms with Crippen LogP contribution in [0.15, 0.2) is 12.2 Å². The number of aliphatic hydroxyl groups is 1. The van der Waals surface area contributed by atoms with Crippen LogP contribution in [0.4, 0.5) is 0 Å². The maximum atomic E-state index is 9.87. The maximum Gasteiger partial charge on any atom is 0.0778 e. The second-order valence-electron chi connectivity index (χ2n) is 4.35. The van der Waals surface area contributed by atoms with E-state index in [0.717, 1.165) is 17.9 Å². The lowest BCUT2D eigenvalue weighted by atomic mass is 9.68. The zero-order chi connectivity index (χ0) is 8.55. The summed E-state index contributed by atoms with van der Waals surface area (Å²) >= 11 is 0. The van der Waals surface area contributed by atoms with Crippen LogP contribution < -0.4 is 0 Å². The van der Waals surface area contributed by atoms with E-state index in [4.69, 9.17) is 0 Å². The molecule has 0 radical (unpaired) electrons. The molecule has 2 fully saturated rings. The molecule has 0 saturated heterocycles. The fourth-order valence-electron chi connectivity index (χ4n) is 2.83. The Balaban J connectivity index is 2.08. The van der Waals surface area contributed by atoms with E-state index in [1.807, 2.05) is 0 Å². The van der Waals surface area contributed by atoms with Gasteiger partial charge in [0.2, 0.25) is 0 Å². The van der Waals surface area contributed by atoms with Crippen LogP contribution in [0.25, 0.3) is 0 Å². The monoisotopic (exact) mass is 166 g/mol. The zero-order valence-electron chi connectivity index (χ0n) is 7.63. The molecule has 0 aromatic rings. The molecule has 2 aliphatic carbocycles. The Bertz CT molecular complexity index is 185. The van der Waals surface area contributed by atoms with Crippen molar-refractivity contribution in [1.82, 2.24) is 0 Å². The van der Waals surface area contributed by atoms with Gasteiger partial charge in [-0.1, -0.05) is 25.8 Å². The summed E-state index contributed by atoms with van der Waals surface area (Å²) in [6, 6.07) is 0. The van der Waals surface area contributed by atoms with Crippen LogP contribution in [0.1, 0.15) is 38.5 Å². The molecule has 0 aromatic heterocycles. The molecule has 0 bridgehead atoms. The molecule has 12 heavy (non-hydrogen) atoms. The number of hydrogen-bond acceptors (Lipinski definition) is 1. The van der Waals surface area contributed by atoms with E-state index in [2.05, 4.69) is 6.58 Å². The van der Waals surface area contributed by atoms with Gasteiger partial charge < -0.3 is 5.11 Å². The lowest BCUT2D eigenvalue weighted by molar-refractivity contribution is 0.0477. The molecule has 0 aromatic carbocycles. The van der Waals surface area contributed by atoms with Gasteiger partial charge in [-0.05, 0) is 36.7 Å². The predicted molar refractivity (Wildman–Crippen MR) is 49.8 cm³/mol. The van der Waals surface area contributed by atoms with Crippen LogP contribution in [0.3, 0.4) is 0 Å². The third-order valence-electron chi connectivity index (χ3n) is 3.63. The summed E-state index contributed by atoms with van der Waals surface area (Å²) < 4.78 is 0. The molecule has 3 atom stereocenters. The standard InChI is InChI=1S/C11H18O/c1-8-6-7-9-4-2-3-5-10(9)11(8)12/h9-12H,1-7H2. The molecule has 1 heteroatoms. The van der Waals surface area contributed by atoms with Gasteiger partial charge in [0.15, 0.2) is 0 Å². The third-order valence-corrected chi connectivity index (χ3v) is 3.63. The molecular weight excluding hydrogens is 148 g/mol. The van der Waals surface area contributed by atoms with Crippen LogP contribution in [-0.4, -0.2) is 11.2 Å². The molecule has 3 unspecified atom stereocenters. The number of fused-ring (bicyclic) bond motifs is 1. The molecule has 0 amide bonds. The van der Waals surface area contributed by atoms with Crippen molar-refractivity contribution in [3.05, 3.63) is 12.2 Å². The van der Waals surface area contributed by atoms with E-state index in [9.17, 15) is 5.11 Å². The summed E-state index contributed by atoms with van der Waals surface area (Å²) in [5, 5.41) is 9.87. The molecule has 0 aliphatic heterocycles. The molecule has 2 aliphatic rings. The highest BCUT2D eigenvalue weighted by atomic mass is 16.3. The SMILES string of the molecule is C=C1CCC2CCCCC2C1O. The van der Waals surface area contributed by atoms with Crippen LogP contribution in [0.5, 0.6) is 0 Å². The van der Waals surface area contributed by atoms with Gasteiger partial charge in [0.25, 0.3) is 0 Å². The Labute approximate surface area is 74.5 Å². The van der Waals surface area contributed by atoms with Gasteiger partial charge in [0.1, 0.15) is 0 Å². The molecule has 1 N–H and O–H groups in total. The van der Waals surface area contributed by atoms with Gasteiger partial charge >= 0.3 is 0 Å². The average molecular weight is 166 g/mol. The predicted octanol–water partition coefficient (Wildman–Crippen LogP) is 2.50. The van der Waals surface area contributed by atoms with E-state index in [-0.39, 0.29) is 6.10 Å². The molecule has 0 heterocycles. The minimum Gasteiger partial charge on any atom is -0.388 e. The molecule has 0 spiro atoms. The highest BCUT2D eigenvalue weighted by Gasteiger charge is 2.35. The Hall–Kier alpha value is -0.300. The van der Waals surface area contributed by atoms with Crippen LogP contribution >= 0.6 is 0 Å². The first-order chi connectivity index (χ1) is 5.79. The van der Waals surface area contributed by atoms with Crippen molar-refractivity contribution in [2.75, 3.05) is 0 Å². The lowest BCUT2D eigenvalue weighted by Crippen LogP contribution is -2.35. The number of aliphatic hydroxyl groups excluding tert-OH is 1. The van der Waals surface area contributed by atoms with Crippen LogP contribution in [0.2, 0.25) is 0 Å². The Morgan fingerprint density at radius 2 is 1.92 bits per heavy atom. The van der Waals surface area contributed by atoms with E-state index in [1.165, 1.54) is 32.1 Å². The van der Waals surface area contributed by atoms with Gasteiger partial charge in [0.05, 0.1) is 6.10 Å². The topological polar surface area (TPSA) is 20.2 Å². The van der Waals surface area contributed by atoms with Gasteiger partial charge in [-0.2, -0.15) is 0 Å². The summed E-state index contributed by atoms with van der Waals surface area (Å²) in [5.74, 6) is 1.36. The van der Waals surface area contributed by atoms with Crippen molar-refractivity contribution in [3.63, 3.8) is 0 Å². The van der Waals surface area contributed by atoms with Gasteiger partial charge in [0, 0.05) is 0 Å². The van der Waals surface area contributed by atoms with E-state index < -0.39 is 0 Å². The average Bonchev–Trinajstić information content (AvgIpc) is 2.12. The first kappa shape index (κ1) is 8.31.